The van der Waals surface area contributed by atoms with Crippen LogP contribution in [0.15, 0.2) is 18.7 Å². The molecule has 3 nitrogen and oxygen atoms in total. The van der Waals surface area contributed by atoms with Crippen LogP contribution in [0.2, 0.25) is 0 Å². The summed E-state index contributed by atoms with van der Waals surface area (Å²) in [5.74, 6) is 0. The van der Waals surface area contributed by atoms with E-state index in [1.54, 1.807) is 12.5 Å². The van der Waals surface area contributed by atoms with Crippen molar-refractivity contribution in [3.63, 3.8) is 0 Å². The summed E-state index contributed by atoms with van der Waals surface area (Å²) < 4.78 is 1.88. The predicted molar refractivity (Wildman–Crippen MR) is 32.5 cm³/mol. The standard InChI is InChI=1S/C6H7N3/c7-2-1-4-9-5-3-8-6-9/h3,5-6H,1,4H2. The lowest BCUT2D eigenvalue weighted by Gasteiger charge is -1.92. The topological polar surface area (TPSA) is 41.6 Å². The Balaban J connectivity index is 2.41. The Morgan fingerprint density at radius 1 is 1.67 bits per heavy atom. The zero-order valence-electron chi connectivity index (χ0n) is 4.99. The van der Waals surface area contributed by atoms with Gasteiger partial charge in [-0.1, -0.05) is 0 Å². The van der Waals surface area contributed by atoms with Crippen molar-refractivity contribution in [2.45, 2.75) is 13.0 Å². The Morgan fingerprint density at radius 3 is 3.11 bits per heavy atom. The van der Waals surface area contributed by atoms with Gasteiger partial charge in [-0.25, -0.2) is 4.98 Å². The van der Waals surface area contributed by atoms with Crippen LogP contribution >= 0.6 is 0 Å². The largest absolute Gasteiger partial charge is 0.336 e. The van der Waals surface area contributed by atoms with Crippen molar-refractivity contribution in [2.24, 2.45) is 0 Å². The molecule has 0 aliphatic heterocycles. The third kappa shape index (κ3) is 1.57. The molecule has 0 bridgehead atoms. The molecule has 9 heavy (non-hydrogen) atoms. The maximum Gasteiger partial charge on any atom is 0.0946 e. The molecule has 0 fully saturated rings. The fourth-order valence-electron chi connectivity index (χ4n) is 0.598. The number of aromatic nitrogens is 2. The van der Waals surface area contributed by atoms with E-state index in [9.17, 15) is 0 Å². The van der Waals surface area contributed by atoms with Crippen LogP contribution in [-0.2, 0) is 6.54 Å². The first kappa shape index (κ1) is 5.83. The maximum atomic E-state index is 8.18. The van der Waals surface area contributed by atoms with E-state index in [0.717, 1.165) is 6.54 Å². The van der Waals surface area contributed by atoms with Gasteiger partial charge in [-0.2, -0.15) is 5.26 Å². The predicted octanol–water partition coefficient (Wildman–Crippen LogP) is 0.797. The van der Waals surface area contributed by atoms with E-state index in [1.807, 2.05) is 10.8 Å². The number of nitrogens with zero attached hydrogens (tertiary/aromatic N) is 3. The molecule has 46 valence electrons. The van der Waals surface area contributed by atoms with Gasteiger partial charge in [-0.3, -0.25) is 0 Å². The van der Waals surface area contributed by atoms with Gasteiger partial charge < -0.3 is 4.57 Å². The van der Waals surface area contributed by atoms with E-state index >= 15 is 0 Å². The van der Waals surface area contributed by atoms with Crippen LogP contribution in [0.4, 0.5) is 0 Å². The van der Waals surface area contributed by atoms with Crippen molar-refractivity contribution < 1.29 is 0 Å². The fraction of sp³-hybridized carbons (Fsp3) is 0.333. The molecule has 0 radical (unpaired) electrons. The molecule has 3 heteroatoms. The Kier molecular flexibility index (Phi) is 1.86. The van der Waals surface area contributed by atoms with Gasteiger partial charge in [0.1, 0.15) is 0 Å². The summed E-state index contributed by atoms with van der Waals surface area (Å²) in [6.07, 6.45) is 5.81. The molecule has 0 unspecified atom stereocenters. The molecule has 0 aliphatic carbocycles. The minimum absolute atomic E-state index is 0.552. The van der Waals surface area contributed by atoms with Crippen LogP contribution in [0.5, 0.6) is 0 Å². The highest BCUT2D eigenvalue weighted by Crippen LogP contribution is 1.87. The highest BCUT2D eigenvalue weighted by Gasteiger charge is 1.85. The van der Waals surface area contributed by atoms with Gasteiger partial charge in [0.05, 0.1) is 18.8 Å². The summed E-state index contributed by atoms with van der Waals surface area (Å²) in [5.41, 5.74) is 0. The van der Waals surface area contributed by atoms with Crippen LogP contribution in [0, 0.1) is 11.3 Å². The first-order chi connectivity index (χ1) is 4.43. The smallest absolute Gasteiger partial charge is 0.0946 e. The molecule has 0 aromatic carbocycles. The van der Waals surface area contributed by atoms with Crippen LogP contribution in [0.1, 0.15) is 6.42 Å². The van der Waals surface area contributed by atoms with Gasteiger partial charge in [0.25, 0.3) is 0 Å². The average Bonchev–Trinajstić information content (AvgIpc) is 2.34. The van der Waals surface area contributed by atoms with E-state index in [-0.39, 0.29) is 0 Å². The highest BCUT2D eigenvalue weighted by atomic mass is 15.0. The van der Waals surface area contributed by atoms with E-state index in [0.29, 0.717) is 6.42 Å². The van der Waals surface area contributed by atoms with Crippen LogP contribution in [-0.4, -0.2) is 9.55 Å². The summed E-state index contributed by atoms with van der Waals surface area (Å²) in [6, 6.07) is 2.06. The molecular formula is C6H7N3. The lowest BCUT2D eigenvalue weighted by atomic mass is 10.5. The summed E-state index contributed by atoms with van der Waals surface area (Å²) in [7, 11) is 0. The van der Waals surface area contributed by atoms with Crippen LogP contribution < -0.4 is 0 Å². The SMILES string of the molecule is N#CCCn1ccnc1. The van der Waals surface area contributed by atoms with Gasteiger partial charge in [0.2, 0.25) is 0 Å². The first-order valence-electron chi connectivity index (χ1n) is 2.76. The van der Waals surface area contributed by atoms with Crippen molar-refractivity contribution in [2.75, 3.05) is 0 Å². The minimum atomic E-state index is 0.552. The van der Waals surface area contributed by atoms with Crippen molar-refractivity contribution >= 4 is 0 Å². The zero-order valence-corrected chi connectivity index (χ0v) is 4.99. The first-order valence-corrected chi connectivity index (χ1v) is 2.76. The zero-order chi connectivity index (χ0) is 6.53. The van der Waals surface area contributed by atoms with Gasteiger partial charge >= 0.3 is 0 Å². The molecule has 0 saturated carbocycles. The fourth-order valence-corrected chi connectivity index (χ4v) is 0.598. The Labute approximate surface area is 53.6 Å². The van der Waals surface area contributed by atoms with Gasteiger partial charge in [0.15, 0.2) is 0 Å². The van der Waals surface area contributed by atoms with E-state index < -0.39 is 0 Å². The minimum Gasteiger partial charge on any atom is -0.336 e. The van der Waals surface area contributed by atoms with Crippen LogP contribution in [0.25, 0.3) is 0 Å². The average molecular weight is 121 g/mol. The molecule has 1 aromatic heterocycles. The second kappa shape index (κ2) is 2.88. The van der Waals surface area contributed by atoms with Gasteiger partial charge in [0, 0.05) is 18.9 Å². The Hall–Kier alpha value is -1.30. The van der Waals surface area contributed by atoms with E-state index in [4.69, 9.17) is 5.26 Å². The second-order valence-corrected chi connectivity index (χ2v) is 1.71. The molecule has 0 spiro atoms. The summed E-state index contributed by atoms with van der Waals surface area (Å²) >= 11 is 0. The van der Waals surface area contributed by atoms with Crippen molar-refractivity contribution in [1.82, 2.24) is 9.55 Å². The number of imidazole rings is 1. The number of hydrogen-bond acceptors (Lipinski definition) is 2. The van der Waals surface area contributed by atoms with Crippen molar-refractivity contribution in [3.05, 3.63) is 18.7 Å². The third-order valence-electron chi connectivity index (χ3n) is 1.04. The molecule has 0 amide bonds. The Bertz CT molecular complexity index is 195. The molecule has 0 saturated heterocycles. The third-order valence-corrected chi connectivity index (χ3v) is 1.04. The van der Waals surface area contributed by atoms with E-state index in [2.05, 4.69) is 11.1 Å². The number of hydrogen-bond donors (Lipinski definition) is 0. The summed E-state index contributed by atoms with van der Waals surface area (Å²) in [4.78, 5) is 3.83. The quantitative estimate of drug-likeness (QED) is 0.580. The second-order valence-electron chi connectivity index (χ2n) is 1.71. The van der Waals surface area contributed by atoms with E-state index in [1.165, 1.54) is 0 Å². The number of aryl methyl sites for hydroxylation is 1. The molecule has 0 N–H and O–H groups in total. The summed E-state index contributed by atoms with van der Waals surface area (Å²) in [6.45, 7) is 0.747. The molecule has 0 aliphatic rings. The van der Waals surface area contributed by atoms with Gasteiger partial charge in [-0.15, -0.1) is 0 Å². The molecular weight excluding hydrogens is 114 g/mol. The molecule has 1 rings (SSSR count). The van der Waals surface area contributed by atoms with Crippen molar-refractivity contribution in [1.29, 1.82) is 5.26 Å². The monoisotopic (exact) mass is 121 g/mol. The lowest BCUT2D eigenvalue weighted by Crippen LogP contribution is -1.91. The highest BCUT2D eigenvalue weighted by molar-refractivity contribution is 4.77. The van der Waals surface area contributed by atoms with Crippen molar-refractivity contribution in [3.8, 4) is 6.07 Å². The summed E-state index contributed by atoms with van der Waals surface area (Å²) in [5, 5.41) is 8.18. The molecule has 0 atom stereocenters. The molecule has 1 aromatic rings. The normalized spacial score (nSPS) is 8.78. The van der Waals surface area contributed by atoms with Gasteiger partial charge in [-0.05, 0) is 0 Å². The lowest BCUT2D eigenvalue weighted by molar-refractivity contribution is 0.715. The number of rotatable bonds is 2. The number of nitriles is 1. The molecule has 1 heterocycles. The van der Waals surface area contributed by atoms with Crippen LogP contribution in [0.3, 0.4) is 0 Å². The Morgan fingerprint density at radius 2 is 2.56 bits per heavy atom. The maximum absolute atomic E-state index is 8.18.